The lowest BCUT2D eigenvalue weighted by atomic mass is 10.3. The normalized spacial score (nSPS) is 10.3. The van der Waals surface area contributed by atoms with Crippen molar-refractivity contribution in [3.63, 3.8) is 0 Å². The van der Waals surface area contributed by atoms with E-state index in [4.69, 9.17) is 19.3 Å². The summed E-state index contributed by atoms with van der Waals surface area (Å²) < 4.78 is 15.5. The molecule has 1 rings (SSSR count). The van der Waals surface area contributed by atoms with Gasteiger partial charge in [-0.3, -0.25) is 0 Å². The molecule has 0 bridgehead atoms. The topological polar surface area (TPSA) is 77.9 Å². The van der Waals surface area contributed by atoms with Crippen LogP contribution in [0, 0.1) is 0 Å². The van der Waals surface area contributed by atoms with Gasteiger partial charge in [-0.15, -0.1) is 0 Å². The summed E-state index contributed by atoms with van der Waals surface area (Å²) in [7, 11) is 1.65. The quantitative estimate of drug-likeness (QED) is 0.668. The third-order valence-corrected chi connectivity index (χ3v) is 2.10. The fourth-order valence-corrected chi connectivity index (χ4v) is 1.20. The summed E-state index contributed by atoms with van der Waals surface area (Å²) in [6.07, 6.45) is 2.11. The molecule has 0 aliphatic rings. The van der Waals surface area contributed by atoms with Gasteiger partial charge in [0, 0.05) is 32.6 Å². The van der Waals surface area contributed by atoms with Crippen molar-refractivity contribution in [2.24, 2.45) is 0 Å². The molecule has 1 aromatic heterocycles. The van der Waals surface area contributed by atoms with Gasteiger partial charge in [-0.05, 0) is 12.5 Å². The van der Waals surface area contributed by atoms with E-state index in [-0.39, 0.29) is 5.56 Å². The van der Waals surface area contributed by atoms with E-state index in [2.05, 4.69) is 4.98 Å². The standard InChI is InChI=1S/C12H17NO5/c1-16-5-2-6-17-7-8-18-11-4-3-10(9-13-11)12(14)15/h3-4,9H,2,5-8H2,1H3,(H,14,15). The van der Waals surface area contributed by atoms with E-state index in [1.807, 2.05) is 0 Å². The van der Waals surface area contributed by atoms with E-state index >= 15 is 0 Å². The fraction of sp³-hybridized carbons (Fsp3) is 0.500. The van der Waals surface area contributed by atoms with Crippen molar-refractivity contribution in [2.75, 3.05) is 33.5 Å². The number of aromatic carboxylic acids is 1. The zero-order chi connectivity index (χ0) is 13.2. The first kappa shape index (κ1) is 14.4. The van der Waals surface area contributed by atoms with E-state index in [9.17, 15) is 4.79 Å². The second-order valence-electron chi connectivity index (χ2n) is 3.50. The van der Waals surface area contributed by atoms with Gasteiger partial charge < -0.3 is 19.3 Å². The number of nitrogens with zero attached hydrogens (tertiary/aromatic N) is 1. The van der Waals surface area contributed by atoms with Gasteiger partial charge in [0.15, 0.2) is 0 Å². The van der Waals surface area contributed by atoms with Gasteiger partial charge in [0.2, 0.25) is 5.88 Å². The number of carboxylic acids is 1. The largest absolute Gasteiger partial charge is 0.478 e. The molecule has 0 saturated carbocycles. The smallest absolute Gasteiger partial charge is 0.337 e. The van der Waals surface area contributed by atoms with Crippen molar-refractivity contribution in [1.29, 1.82) is 0 Å². The molecule has 1 N–H and O–H groups in total. The fourth-order valence-electron chi connectivity index (χ4n) is 1.20. The van der Waals surface area contributed by atoms with Crippen LogP contribution in [0.25, 0.3) is 0 Å². The molecular weight excluding hydrogens is 238 g/mol. The van der Waals surface area contributed by atoms with Crippen LogP contribution >= 0.6 is 0 Å². The molecular formula is C12H17NO5. The Morgan fingerprint density at radius 1 is 1.28 bits per heavy atom. The molecule has 6 nitrogen and oxygen atoms in total. The maximum Gasteiger partial charge on any atom is 0.337 e. The molecule has 100 valence electrons. The molecule has 1 heterocycles. The summed E-state index contributed by atoms with van der Waals surface area (Å²) in [5, 5.41) is 8.68. The maximum absolute atomic E-state index is 10.6. The zero-order valence-electron chi connectivity index (χ0n) is 10.3. The van der Waals surface area contributed by atoms with Crippen molar-refractivity contribution < 1.29 is 24.1 Å². The second kappa shape index (κ2) is 8.43. The number of hydrogen-bond acceptors (Lipinski definition) is 5. The summed E-state index contributed by atoms with van der Waals surface area (Å²) in [6.45, 7) is 2.15. The van der Waals surface area contributed by atoms with Gasteiger partial charge in [-0.2, -0.15) is 0 Å². The molecule has 0 atom stereocenters. The lowest BCUT2D eigenvalue weighted by Gasteiger charge is -2.06. The Kier molecular flexibility index (Phi) is 6.75. The highest BCUT2D eigenvalue weighted by molar-refractivity contribution is 5.87. The van der Waals surface area contributed by atoms with Crippen molar-refractivity contribution in [1.82, 2.24) is 4.98 Å². The summed E-state index contributed by atoms with van der Waals surface area (Å²) in [5.74, 6) is -0.615. The van der Waals surface area contributed by atoms with Crippen LogP contribution in [0.2, 0.25) is 0 Å². The molecule has 0 radical (unpaired) electrons. The lowest BCUT2D eigenvalue weighted by molar-refractivity contribution is 0.0695. The highest BCUT2D eigenvalue weighted by atomic mass is 16.5. The third kappa shape index (κ3) is 5.60. The molecule has 0 amide bonds. The first-order chi connectivity index (χ1) is 8.74. The SMILES string of the molecule is COCCCOCCOc1ccc(C(=O)O)cn1. The number of rotatable bonds is 9. The number of pyridine rings is 1. The molecule has 0 saturated heterocycles. The Balaban J connectivity index is 2.14. The van der Waals surface area contributed by atoms with Crippen LogP contribution in [0.5, 0.6) is 5.88 Å². The monoisotopic (exact) mass is 255 g/mol. The summed E-state index contributed by atoms with van der Waals surface area (Å²) in [5.41, 5.74) is 0.137. The molecule has 0 aliphatic carbocycles. The highest BCUT2D eigenvalue weighted by Crippen LogP contribution is 2.07. The number of ether oxygens (including phenoxy) is 3. The van der Waals surface area contributed by atoms with Gasteiger partial charge in [0.1, 0.15) is 6.61 Å². The van der Waals surface area contributed by atoms with E-state index in [0.717, 1.165) is 6.42 Å². The van der Waals surface area contributed by atoms with Crippen LogP contribution in [0.1, 0.15) is 16.8 Å². The third-order valence-electron chi connectivity index (χ3n) is 2.10. The van der Waals surface area contributed by atoms with Gasteiger partial charge in [0.25, 0.3) is 0 Å². The summed E-state index contributed by atoms with van der Waals surface area (Å²) in [6, 6.07) is 2.97. The van der Waals surface area contributed by atoms with Crippen molar-refractivity contribution in [3.05, 3.63) is 23.9 Å². The van der Waals surface area contributed by atoms with Gasteiger partial charge in [0.05, 0.1) is 12.2 Å². The number of carboxylic acid groups (broad SMARTS) is 1. The van der Waals surface area contributed by atoms with Crippen molar-refractivity contribution in [3.8, 4) is 5.88 Å². The summed E-state index contributed by atoms with van der Waals surface area (Å²) >= 11 is 0. The molecule has 0 unspecified atom stereocenters. The maximum atomic E-state index is 10.6. The van der Waals surface area contributed by atoms with Crippen molar-refractivity contribution in [2.45, 2.75) is 6.42 Å². The predicted molar refractivity (Wildman–Crippen MR) is 64.0 cm³/mol. The average Bonchev–Trinajstić information content (AvgIpc) is 2.38. The number of hydrogen-bond donors (Lipinski definition) is 1. The number of aromatic nitrogens is 1. The van der Waals surface area contributed by atoms with Crippen LogP contribution in [0.15, 0.2) is 18.3 Å². The first-order valence-corrected chi connectivity index (χ1v) is 5.63. The Bertz CT molecular complexity index is 352. The molecule has 18 heavy (non-hydrogen) atoms. The Morgan fingerprint density at radius 2 is 2.11 bits per heavy atom. The lowest BCUT2D eigenvalue weighted by Crippen LogP contribution is -2.09. The minimum atomic E-state index is -1.00. The summed E-state index contributed by atoms with van der Waals surface area (Å²) in [4.78, 5) is 14.5. The van der Waals surface area contributed by atoms with Crippen molar-refractivity contribution >= 4 is 5.97 Å². The first-order valence-electron chi connectivity index (χ1n) is 5.63. The highest BCUT2D eigenvalue weighted by Gasteiger charge is 2.03. The van der Waals surface area contributed by atoms with Gasteiger partial charge >= 0.3 is 5.97 Å². The molecule has 0 fully saturated rings. The van der Waals surface area contributed by atoms with E-state index in [1.165, 1.54) is 18.3 Å². The van der Waals surface area contributed by atoms with Crippen LogP contribution < -0.4 is 4.74 Å². The Hall–Kier alpha value is -1.66. The molecule has 0 aromatic carbocycles. The average molecular weight is 255 g/mol. The minimum absolute atomic E-state index is 0.137. The molecule has 0 spiro atoms. The van der Waals surface area contributed by atoms with Crippen LogP contribution in [-0.4, -0.2) is 49.6 Å². The second-order valence-corrected chi connectivity index (χ2v) is 3.50. The van der Waals surface area contributed by atoms with Gasteiger partial charge in [-0.25, -0.2) is 9.78 Å². The van der Waals surface area contributed by atoms with E-state index < -0.39 is 5.97 Å². The predicted octanol–water partition coefficient (Wildman–Crippen LogP) is 1.21. The minimum Gasteiger partial charge on any atom is -0.478 e. The molecule has 1 aromatic rings. The van der Waals surface area contributed by atoms with Crippen LogP contribution in [0.3, 0.4) is 0 Å². The van der Waals surface area contributed by atoms with Crippen LogP contribution in [0.4, 0.5) is 0 Å². The number of methoxy groups -OCH3 is 1. The zero-order valence-corrected chi connectivity index (χ0v) is 10.3. The number of carbonyl (C=O) groups is 1. The van der Waals surface area contributed by atoms with E-state index in [1.54, 1.807) is 7.11 Å². The Labute approximate surface area is 106 Å². The molecule has 0 aliphatic heterocycles. The van der Waals surface area contributed by atoms with E-state index in [0.29, 0.717) is 32.3 Å². The molecule has 6 heteroatoms. The van der Waals surface area contributed by atoms with Crippen LogP contribution in [-0.2, 0) is 9.47 Å². The Morgan fingerprint density at radius 3 is 2.72 bits per heavy atom. The van der Waals surface area contributed by atoms with Gasteiger partial charge in [-0.1, -0.05) is 0 Å².